The summed E-state index contributed by atoms with van der Waals surface area (Å²) in [5.74, 6) is 0.360. The lowest BCUT2D eigenvalue weighted by atomic mass is 9.78. The van der Waals surface area contributed by atoms with E-state index in [4.69, 9.17) is 11.6 Å². The summed E-state index contributed by atoms with van der Waals surface area (Å²) in [5, 5.41) is 5.24. The van der Waals surface area contributed by atoms with E-state index in [0.717, 1.165) is 68.3 Å². The summed E-state index contributed by atoms with van der Waals surface area (Å²) >= 11 is 6.44. The normalized spacial score (nSPS) is 25.4. The zero-order valence-electron chi connectivity index (χ0n) is 15.3. The van der Waals surface area contributed by atoms with Crippen molar-refractivity contribution >= 4 is 17.5 Å². The summed E-state index contributed by atoms with van der Waals surface area (Å²) in [4.78, 5) is 17.5. The van der Waals surface area contributed by atoms with Crippen molar-refractivity contribution in [3.05, 3.63) is 16.4 Å². The molecule has 24 heavy (non-hydrogen) atoms. The molecule has 2 aliphatic rings. The van der Waals surface area contributed by atoms with Crippen LogP contribution in [0.1, 0.15) is 51.3 Å². The zero-order valence-corrected chi connectivity index (χ0v) is 16.1. The van der Waals surface area contributed by atoms with Crippen LogP contribution in [-0.4, -0.2) is 51.2 Å². The lowest BCUT2D eigenvalue weighted by Crippen LogP contribution is -2.52. The Balaban J connectivity index is 1.75. The third-order valence-electron chi connectivity index (χ3n) is 5.69. The Morgan fingerprint density at radius 1 is 1.29 bits per heavy atom. The van der Waals surface area contributed by atoms with Crippen molar-refractivity contribution < 1.29 is 4.79 Å². The quantitative estimate of drug-likeness (QED) is 0.836. The van der Waals surface area contributed by atoms with Crippen LogP contribution in [0.3, 0.4) is 0 Å². The van der Waals surface area contributed by atoms with Gasteiger partial charge in [0.05, 0.1) is 11.1 Å². The van der Waals surface area contributed by atoms with E-state index in [1.54, 1.807) is 4.68 Å². The molecule has 0 radical (unpaired) electrons. The highest BCUT2D eigenvalue weighted by molar-refractivity contribution is 6.30. The summed E-state index contributed by atoms with van der Waals surface area (Å²) in [7, 11) is 1.89. The highest BCUT2D eigenvalue weighted by Gasteiger charge is 2.48. The van der Waals surface area contributed by atoms with Crippen LogP contribution in [0, 0.1) is 5.41 Å². The molecule has 0 bridgehead atoms. The minimum atomic E-state index is -0.177. The molecule has 3 rings (SSSR count). The van der Waals surface area contributed by atoms with E-state index in [1.165, 1.54) is 0 Å². The van der Waals surface area contributed by atoms with Gasteiger partial charge in [-0.05, 0) is 46.1 Å². The second kappa shape index (κ2) is 6.68. The highest BCUT2D eigenvalue weighted by Crippen LogP contribution is 2.41. The number of carbonyl (C=O) groups is 1. The van der Waals surface area contributed by atoms with E-state index >= 15 is 0 Å². The van der Waals surface area contributed by atoms with Gasteiger partial charge in [0.25, 0.3) is 0 Å². The van der Waals surface area contributed by atoms with Crippen LogP contribution in [0.15, 0.2) is 0 Å². The molecule has 0 aliphatic carbocycles. The van der Waals surface area contributed by atoms with Gasteiger partial charge in [-0.3, -0.25) is 14.4 Å². The zero-order chi connectivity index (χ0) is 17.5. The van der Waals surface area contributed by atoms with E-state index in [2.05, 4.69) is 35.7 Å². The molecule has 2 aliphatic heterocycles. The van der Waals surface area contributed by atoms with Crippen LogP contribution in [-0.2, 0) is 24.8 Å². The van der Waals surface area contributed by atoms with Gasteiger partial charge in [-0.1, -0.05) is 18.5 Å². The monoisotopic (exact) mass is 352 g/mol. The molecule has 1 spiro atoms. The number of amides is 1. The van der Waals surface area contributed by atoms with E-state index in [9.17, 15) is 4.79 Å². The SMILES string of the molecule is CCc1nn(C)c(Cl)c1CN1CC[C@]2(CCCN(C(C)C)C2=O)C1. The molecular formula is C18H29ClN4O. The van der Waals surface area contributed by atoms with Crippen molar-refractivity contribution in [3.63, 3.8) is 0 Å². The first-order chi connectivity index (χ1) is 11.4. The lowest BCUT2D eigenvalue weighted by molar-refractivity contribution is -0.147. The molecule has 6 heteroatoms. The van der Waals surface area contributed by atoms with Gasteiger partial charge < -0.3 is 4.90 Å². The molecule has 3 heterocycles. The maximum Gasteiger partial charge on any atom is 0.230 e. The Labute approximate surface area is 149 Å². The van der Waals surface area contributed by atoms with Crippen molar-refractivity contribution in [1.29, 1.82) is 0 Å². The summed E-state index contributed by atoms with van der Waals surface area (Å²) in [6, 6.07) is 0.295. The first-order valence-corrected chi connectivity index (χ1v) is 9.49. The van der Waals surface area contributed by atoms with E-state index in [1.807, 2.05) is 7.05 Å². The fraction of sp³-hybridized carbons (Fsp3) is 0.778. The molecular weight excluding hydrogens is 324 g/mol. The third kappa shape index (κ3) is 2.97. The Kier molecular flexibility index (Phi) is 4.94. The van der Waals surface area contributed by atoms with Gasteiger partial charge in [-0.25, -0.2) is 0 Å². The molecule has 0 aromatic carbocycles. The predicted octanol–water partition coefficient (Wildman–Crippen LogP) is 2.86. The number of halogens is 1. The first kappa shape index (κ1) is 17.7. The summed E-state index contributed by atoms with van der Waals surface area (Å²) < 4.78 is 1.76. The van der Waals surface area contributed by atoms with Gasteiger partial charge in [0, 0.05) is 38.3 Å². The van der Waals surface area contributed by atoms with Gasteiger partial charge in [-0.15, -0.1) is 0 Å². The molecule has 2 saturated heterocycles. The minimum Gasteiger partial charge on any atom is -0.340 e. The molecule has 0 unspecified atom stereocenters. The van der Waals surface area contributed by atoms with Gasteiger partial charge in [-0.2, -0.15) is 5.10 Å². The average Bonchev–Trinajstić information content (AvgIpc) is 3.07. The number of aromatic nitrogens is 2. The number of hydrogen-bond acceptors (Lipinski definition) is 3. The van der Waals surface area contributed by atoms with Crippen molar-refractivity contribution in [2.24, 2.45) is 12.5 Å². The number of piperidine rings is 1. The van der Waals surface area contributed by atoms with Crippen molar-refractivity contribution in [2.75, 3.05) is 19.6 Å². The van der Waals surface area contributed by atoms with Crippen LogP contribution in [0.2, 0.25) is 5.15 Å². The van der Waals surface area contributed by atoms with Crippen molar-refractivity contribution in [1.82, 2.24) is 19.6 Å². The minimum absolute atomic E-state index is 0.177. The molecule has 134 valence electrons. The van der Waals surface area contributed by atoms with Crippen LogP contribution in [0.25, 0.3) is 0 Å². The fourth-order valence-corrected chi connectivity index (χ4v) is 4.54. The van der Waals surface area contributed by atoms with Crippen LogP contribution in [0.4, 0.5) is 0 Å². The number of rotatable bonds is 4. The maximum atomic E-state index is 13.0. The standard InChI is InChI=1S/C18H29ClN4O/c1-5-15-14(16(19)21(4)20-15)11-22-10-8-18(12-22)7-6-9-23(13(2)3)17(18)24/h13H,5-12H2,1-4H3/t18-/m1/s1. The summed E-state index contributed by atoms with van der Waals surface area (Å²) in [6.07, 6.45) is 3.99. The molecule has 0 N–H and O–H groups in total. The number of aryl methyl sites for hydroxylation is 2. The Bertz CT molecular complexity index is 627. The van der Waals surface area contributed by atoms with E-state index in [-0.39, 0.29) is 5.41 Å². The maximum absolute atomic E-state index is 13.0. The molecule has 1 atom stereocenters. The molecule has 2 fully saturated rings. The topological polar surface area (TPSA) is 41.4 Å². The molecule has 1 aromatic rings. The van der Waals surface area contributed by atoms with Gasteiger partial charge in [0.1, 0.15) is 5.15 Å². The van der Waals surface area contributed by atoms with Crippen LogP contribution in [0.5, 0.6) is 0 Å². The number of carbonyl (C=O) groups excluding carboxylic acids is 1. The second-order valence-electron chi connectivity index (χ2n) is 7.63. The van der Waals surface area contributed by atoms with Crippen molar-refractivity contribution in [2.45, 2.75) is 59.0 Å². The van der Waals surface area contributed by atoms with E-state index in [0.29, 0.717) is 11.9 Å². The average molecular weight is 353 g/mol. The third-order valence-corrected chi connectivity index (χ3v) is 6.17. The summed E-state index contributed by atoms with van der Waals surface area (Å²) in [6.45, 7) is 9.87. The highest BCUT2D eigenvalue weighted by atomic mass is 35.5. The summed E-state index contributed by atoms with van der Waals surface area (Å²) in [5.41, 5.74) is 2.02. The fourth-order valence-electron chi connectivity index (χ4n) is 4.33. The second-order valence-corrected chi connectivity index (χ2v) is 7.99. The van der Waals surface area contributed by atoms with Gasteiger partial charge in [0.2, 0.25) is 5.91 Å². The number of hydrogen-bond donors (Lipinski definition) is 0. The number of likely N-dealkylation sites (tertiary alicyclic amines) is 2. The van der Waals surface area contributed by atoms with Crippen LogP contribution < -0.4 is 0 Å². The Morgan fingerprint density at radius 2 is 2.04 bits per heavy atom. The van der Waals surface area contributed by atoms with Gasteiger partial charge in [0.15, 0.2) is 0 Å². The van der Waals surface area contributed by atoms with Gasteiger partial charge >= 0.3 is 0 Å². The van der Waals surface area contributed by atoms with Crippen LogP contribution >= 0.6 is 11.6 Å². The Hall–Kier alpha value is -1.07. The molecule has 1 amide bonds. The molecule has 1 aromatic heterocycles. The van der Waals surface area contributed by atoms with E-state index < -0.39 is 0 Å². The lowest BCUT2D eigenvalue weighted by Gasteiger charge is -2.41. The van der Waals surface area contributed by atoms with Crippen molar-refractivity contribution in [3.8, 4) is 0 Å². The number of nitrogens with zero attached hydrogens (tertiary/aromatic N) is 4. The molecule has 5 nitrogen and oxygen atoms in total. The Morgan fingerprint density at radius 3 is 2.71 bits per heavy atom. The predicted molar refractivity (Wildman–Crippen MR) is 96.0 cm³/mol. The molecule has 0 saturated carbocycles. The largest absolute Gasteiger partial charge is 0.340 e. The first-order valence-electron chi connectivity index (χ1n) is 9.11. The smallest absolute Gasteiger partial charge is 0.230 e.